The molecule has 0 aliphatic carbocycles. The zero-order chi connectivity index (χ0) is 19.6. The molecule has 5 nitrogen and oxygen atoms in total. The largest absolute Gasteiger partial charge is 0.321 e. The van der Waals surface area contributed by atoms with Crippen molar-refractivity contribution in [2.75, 3.05) is 5.32 Å². The number of carbonyl (C=O) groups is 1. The van der Waals surface area contributed by atoms with Gasteiger partial charge in [-0.1, -0.05) is 31.0 Å². The van der Waals surface area contributed by atoms with E-state index < -0.39 is 0 Å². The van der Waals surface area contributed by atoms with Crippen LogP contribution in [-0.4, -0.2) is 15.5 Å². The first-order valence-corrected chi connectivity index (χ1v) is 9.62. The van der Waals surface area contributed by atoms with E-state index in [2.05, 4.69) is 16.2 Å². The number of thiophene rings is 1. The molecule has 1 N–H and O–H groups in total. The van der Waals surface area contributed by atoms with E-state index in [1.807, 2.05) is 38.1 Å². The number of hydrogen-bond acceptors (Lipinski definition) is 4. The first kappa shape index (κ1) is 18.9. The molecule has 0 radical (unpaired) electrons. The van der Waals surface area contributed by atoms with Crippen LogP contribution in [0.5, 0.6) is 0 Å². The number of carbonyl (C=O) groups excluding carboxylic acids is 1. The molecule has 1 aromatic carbocycles. The first-order chi connectivity index (χ1) is 13.0. The summed E-state index contributed by atoms with van der Waals surface area (Å²) in [5.74, 6) is 2.96. The van der Waals surface area contributed by atoms with Crippen LogP contribution >= 0.6 is 11.3 Å². The summed E-state index contributed by atoms with van der Waals surface area (Å²) in [6, 6.07) is 7.58. The van der Waals surface area contributed by atoms with Crippen LogP contribution in [-0.2, 0) is 13.0 Å². The number of fused-ring (bicyclic) bond motifs is 1. The number of hydrogen-bond donors (Lipinski definition) is 1. The molecule has 0 fully saturated rings. The lowest BCUT2D eigenvalue weighted by atomic mass is 10.1. The van der Waals surface area contributed by atoms with Crippen molar-refractivity contribution < 1.29 is 4.79 Å². The predicted octanol–water partition coefficient (Wildman–Crippen LogP) is 3.91. The Balaban J connectivity index is 2.10. The normalized spacial score (nSPS) is 10.7. The Kier molecular flexibility index (Phi) is 5.43. The Morgan fingerprint density at radius 1 is 1.33 bits per heavy atom. The van der Waals surface area contributed by atoms with Gasteiger partial charge in [-0.05, 0) is 37.5 Å². The first-order valence-electron chi connectivity index (χ1n) is 8.81. The second kappa shape index (κ2) is 7.77. The zero-order valence-electron chi connectivity index (χ0n) is 15.6. The van der Waals surface area contributed by atoms with Gasteiger partial charge in [0.2, 0.25) is 0 Å². The molecule has 0 atom stereocenters. The van der Waals surface area contributed by atoms with E-state index in [0.717, 1.165) is 17.7 Å². The Labute approximate surface area is 162 Å². The van der Waals surface area contributed by atoms with E-state index in [0.29, 0.717) is 32.9 Å². The average Bonchev–Trinajstić information content (AvgIpc) is 2.97. The van der Waals surface area contributed by atoms with Crippen LogP contribution in [0.3, 0.4) is 0 Å². The molecule has 0 bridgehead atoms. The maximum absolute atomic E-state index is 13.0. The van der Waals surface area contributed by atoms with Crippen molar-refractivity contribution in [1.29, 1.82) is 0 Å². The number of nitrogens with zero attached hydrogens (tertiary/aromatic N) is 2. The van der Waals surface area contributed by atoms with Crippen molar-refractivity contribution >= 4 is 33.1 Å². The number of para-hydroxylation sites is 1. The number of rotatable bonds is 5. The molecule has 3 rings (SSSR count). The summed E-state index contributed by atoms with van der Waals surface area (Å²) >= 11 is 1.25. The highest BCUT2D eigenvalue weighted by Crippen LogP contribution is 2.28. The minimum absolute atomic E-state index is 0.176. The van der Waals surface area contributed by atoms with E-state index in [9.17, 15) is 9.59 Å². The molecule has 0 saturated carbocycles. The standard InChI is InChI=1S/C21H21N3O2S/c1-5-9-16-23-20-17(21(26)24(16)12-6-2)14(4)18(27-20)19(25)22-15-11-8-7-10-13(15)3/h2,7-8,10-11H,5,9,12H2,1,3-4H3,(H,22,25). The Bertz CT molecular complexity index is 1120. The molecule has 0 aliphatic rings. The summed E-state index contributed by atoms with van der Waals surface area (Å²) in [5, 5.41) is 3.41. The van der Waals surface area contributed by atoms with Crippen LogP contribution < -0.4 is 10.9 Å². The smallest absolute Gasteiger partial charge is 0.266 e. The molecule has 27 heavy (non-hydrogen) atoms. The Morgan fingerprint density at radius 3 is 2.74 bits per heavy atom. The quantitative estimate of drug-likeness (QED) is 0.684. The van der Waals surface area contributed by atoms with Crippen molar-refractivity contribution in [1.82, 2.24) is 9.55 Å². The highest BCUT2D eigenvalue weighted by atomic mass is 32.1. The molecule has 0 saturated heterocycles. The van der Waals surface area contributed by atoms with Crippen LogP contribution in [0, 0.1) is 26.2 Å². The number of nitrogens with one attached hydrogen (secondary N) is 1. The SMILES string of the molecule is C#CCn1c(CCC)nc2sc(C(=O)Nc3ccccc3C)c(C)c2c1=O. The van der Waals surface area contributed by atoms with Gasteiger partial charge in [-0.3, -0.25) is 14.2 Å². The number of aryl methyl sites for hydroxylation is 3. The van der Waals surface area contributed by atoms with E-state index >= 15 is 0 Å². The van der Waals surface area contributed by atoms with Crippen LogP contribution in [0.4, 0.5) is 5.69 Å². The van der Waals surface area contributed by atoms with Crippen molar-refractivity contribution in [3.05, 3.63) is 56.4 Å². The molecule has 2 heterocycles. The lowest BCUT2D eigenvalue weighted by Gasteiger charge is -2.09. The number of aromatic nitrogens is 2. The third kappa shape index (κ3) is 3.51. The van der Waals surface area contributed by atoms with Gasteiger partial charge in [0.15, 0.2) is 0 Å². The molecule has 138 valence electrons. The molecule has 2 aromatic heterocycles. The van der Waals surface area contributed by atoms with Crippen molar-refractivity contribution in [3.8, 4) is 12.3 Å². The van der Waals surface area contributed by atoms with Gasteiger partial charge in [-0.2, -0.15) is 0 Å². The summed E-state index contributed by atoms with van der Waals surface area (Å²) < 4.78 is 1.54. The van der Waals surface area contributed by atoms with Crippen molar-refractivity contribution in [3.63, 3.8) is 0 Å². The van der Waals surface area contributed by atoms with Crippen LogP contribution in [0.15, 0.2) is 29.1 Å². The van der Waals surface area contributed by atoms with Gasteiger partial charge in [0, 0.05) is 12.1 Å². The highest BCUT2D eigenvalue weighted by molar-refractivity contribution is 7.20. The molecule has 6 heteroatoms. The molecular formula is C21H21N3O2S. The minimum atomic E-state index is -0.232. The Hall–Kier alpha value is -2.91. The summed E-state index contributed by atoms with van der Waals surface area (Å²) in [6.45, 7) is 5.92. The fourth-order valence-corrected chi connectivity index (χ4v) is 4.12. The second-order valence-corrected chi connectivity index (χ2v) is 7.38. The lowest BCUT2D eigenvalue weighted by Crippen LogP contribution is -2.25. The molecule has 3 aromatic rings. The second-order valence-electron chi connectivity index (χ2n) is 6.38. The van der Waals surface area contributed by atoms with Crippen LogP contribution in [0.25, 0.3) is 10.2 Å². The number of anilines is 1. The average molecular weight is 379 g/mol. The van der Waals surface area contributed by atoms with E-state index in [-0.39, 0.29) is 18.0 Å². The summed E-state index contributed by atoms with van der Waals surface area (Å²) in [6.07, 6.45) is 6.95. The van der Waals surface area contributed by atoms with Gasteiger partial charge in [0.1, 0.15) is 10.7 Å². The Morgan fingerprint density at radius 2 is 2.07 bits per heavy atom. The zero-order valence-corrected chi connectivity index (χ0v) is 16.4. The van der Waals surface area contributed by atoms with Crippen molar-refractivity contribution in [2.45, 2.75) is 40.2 Å². The van der Waals surface area contributed by atoms with Gasteiger partial charge in [-0.25, -0.2) is 4.98 Å². The van der Waals surface area contributed by atoms with E-state index in [4.69, 9.17) is 6.42 Å². The maximum Gasteiger partial charge on any atom is 0.266 e. The van der Waals surface area contributed by atoms with E-state index in [1.54, 1.807) is 6.92 Å². The fourth-order valence-electron chi connectivity index (χ4n) is 3.04. The monoisotopic (exact) mass is 379 g/mol. The van der Waals surface area contributed by atoms with Gasteiger partial charge < -0.3 is 5.32 Å². The molecular weight excluding hydrogens is 358 g/mol. The van der Waals surface area contributed by atoms with Crippen LogP contribution in [0.1, 0.15) is 40.0 Å². The number of terminal acetylenes is 1. The third-order valence-corrected chi connectivity index (χ3v) is 5.64. The third-order valence-electron chi connectivity index (χ3n) is 4.45. The fraction of sp³-hybridized carbons (Fsp3) is 0.286. The van der Waals surface area contributed by atoms with Gasteiger partial charge in [0.25, 0.3) is 11.5 Å². The lowest BCUT2D eigenvalue weighted by molar-refractivity contribution is 0.103. The summed E-state index contributed by atoms with van der Waals surface area (Å²) in [7, 11) is 0. The summed E-state index contributed by atoms with van der Waals surface area (Å²) in [5.41, 5.74) is 2.20. The predicted molar refractivity (Wildman–Crippen MR) is 111 cm³/mol. The minimum Gasteiger partial charge on any atom is -0.321 e. The molecule has 0 spiro atoms. The molecule has 0 aliphatic heterocycles. The number of amides is 1. The van der Waals surface area contributed by atoms with Gasteiger partial charge in [0.05, 0.1) is 16.8 Å². The maximum atomic E-state index is 13.0. The van der Waals surface area contributed by atoms with E-state index in [1.165, 1.54) is 15.9 Å². The molecule has 1 amide bonds. The van der Waals surface area contributed by atoms with Gasteiger partial charge >= 0.3 is 0 Å². The van der Waals surface area contributed by atoms with Gasteiger partial charge in [-0.15, -0.1) is 17.8 Å². The number of benzene rings is 1. The topological polar surface area (TPSA) is 64.0 Å². The highest BCUT2D eigenvalue weighted by Gasteiger charge is 2.21. The van der Waals surface area contributed by atoms with Crippen LogP contribution in [0.2, 0.25) is 0 Å². The molecule has 0 unspecified atom stereocenters. The van der Waals surface area contributed by atoms with Crippen molar-refractivity contribution in [2.24, 2.45) is 0 Å². The summed E-state index contributed by atoms with van der Waals surface area (Å²) in [4.78, 5) is 31.5.